The summed E-state index contributed by atoms with van der Waals surface area (Å²) in [5.41, 5.74) is 21.9. The quantitative estimate of drug-likeness (QED) is 0.0199. The summed E-state index contributed by atoms with van der Waals surface area (Å²) in [7, 11) is -14.1. The van der Waals surface area contributed by atoms with E-state index in [1.807, 2.05) is 50.2 Å². The lowest BCUT2D eigenvalue weighted by Crippen LogP contribution is -2.08. The summed E-state index contributed by atoms with van der Waals surface area (Å²) in [5, 5.41) is 15.5. The second-order valence-electron chi connectivity index (χ2n) is 14.2. The number of rotatable bonds is 23. The molecule has 3 aromatic carbocycles. The van der Waals surface area contributed by atoms with Crippen LogP contribution in [0.3, 0.4) is 0 Å². The average molecular weight is 1150 g/mol. The highest BCUT2D eigenvalue weighted by atomic mass is 35.5. The Morgan fingerprint density at radius 3 is 1.24 bits per heavy atom. The molecule has 0 bridgehead atoms. The number of halogens is 1. The lowest BCUT2D eigenvalue weighted by Gasteiger charge is -2.06. The molecule has 6 aromatic rings. The van der Waals surface area contributed by atoms with E-state index in [1.165, 1.54) is 53.0 Å². The number of azide groups is 2. The molecule has 0 saturated heterocycles. The van der Waals surface area contributed by atoms with Gasteiger partial charge in [-0.2, -0.15) is 0 Å². The van der Waals surface area contributed by atoms with Gasteiger partial charge < -0.3 is 10.8 Å². The van der Waals surface area contributed by atoms with Gasteiger partial charge in [-0.25, -0.2) is 33.7 Å². The molecule has 3 N–H and O–H groups in total. The van der Waals surface area contributed by atoms with Crippen molar-refractivity contribution in [3.63, 3.8) is 0 Å². The Kier molecular flexibility index (Phi) is 25.5. The van der Waals surface area contributed by atoms with Crippen LogP contribution in [0.15, 0.2) is 161 Å². The van der Waals surface area contributed by atoms with E-state index in [4.69, 9.17) is 21.9 Å². The molecule has 0 atom stereocenters. The summed E-state index contributed by atoms with van der Waals surface area (Å²) in [5.74, 6) is 1.48. The van der Waals surface area contributed by atoms with E-state index in [-0.39, 0.29) is 58.3 Å². The van der Waals surface area contributed by atoms with Gasteiger partial charge in [0.05, 0.1) is 25.3 Å². The first kappa shape index (κ1) is 60.4. The van der Waals surface area contributed by atoms with Crippen molar-refractivity contribution in [1.82, 2.24) is 0 Å². The Labute approximate surface area is 436 Å². The van der Waals surface area contributed by atoms with Gasteiger partial charge in [0.25, 0.3) is 0 Å². The van der Waals surface area contributed by atoms with Crippen molar-refractivity contribution in [3.8, 4) is 0 Å². The summed E-state index contributed by atoms with van der Waals surface area (Å²) in [6.07, 6.45) is 3.42. The third kappa shape index (κ3) is 17.7. The van der Waals surface area contributed by atoms with Gasteiger partial charge >= 0.3 is 0 Å². The Morgan fingerprint density at radius 2 is 0.886 bits per heavy atom. The SMILES string of the molecule is CCc1ccc(S(=O)(=O)c2ccc(SCCCN=[N+]=[N-])cc2)s1.CCc1ccc(S(=O)(=O)c2ccc(SCCCO)cc2)s1.Cl.[N-]=[N+]=NCCCS(=O)(=O)c1ccc(S(=O)(=O)c2ccc(CN)s2)cc1. The van der Waals surface area contributed by atoms with Crippen molar-refractivity contribution in [2.24, 2.45) is 16.0 Å². The van der Waals surface area contributed by atoms with E-state index in [2.05, 4.69) is 20.1 Å². The van der Waals surface area contributed by atoms with Crippen LogP contribution >= 0.6 is 69.9 Å². The normalized spacial score (nSPS) is 11.4. The fraction of sp³-hybridized carbons (Fsp3) is 0.318. The van der Waals surface area contributed by atoms with Crippen molar-refractivity contribution >= 4 is 109 Å². The Morgan fingerprint density at radius 1 is 0.529 bits per heavy atom. The lowest BCUT2D eigenvalue weighted by atomic mass is 10.4. The second-order valence-corrected chi connectivity index (χ2v) is 28.7. The molecule has 3 heterocycles. The molecule has 0 radical (unpaired) electrons. The van der Waals surface area contributed by atoms with Crippen LogP contribution in [0.5, 0.6) is 0 Å². The van der Waals surface area contributed by atoms with Gasteiger partial charge in [0, 0.05) is 66.2 Å². The predicted molar refractivity (Wildman–Crippen MR) is 285 cm³/mol. The minimum atomic E-state index is -3.70. The molecule has 378 valence electrons. The zero-order chi connectivity index (χ0) is 50.5. The minimum absolute atomic E-state index is 0. The number of hydrogen-bond donors (Lipinski definition) is 2. The maximum Gasteiger partial charge on any atom is 0.215 e. The number of thioether (sulfide) groups is 2. The van der Waals surface area contributed by atoms with Crippen LogP contribution in [0.4, 0.5) is 0 Å². The van der Waals surface area contributed by atoms with E-state index in [0.29, 0.717) is 24.8 Å². The second kappa shape index (κ2) is 29.6. The van der Waals surface area contributed by atoms with Crippen LogP contribution in [-0.4, -0.2) is 75.7 Å². The summed E-state index contributed by atoms with van der Waals surface area (Å²) in [6.45, 7) is 5.03. The number of aliphatic hydroxyl groups is 1. The molecule has 70 heavy (non-hydrogen) atoms. The standard InChI is InChI=1S/C15H17N3O2S3.C15H18O3S3.C14H16N4O4S3.ClH/c1-2-12-6-9-15(22-12)23(19,20)14-7-4-13(5-8-14)21-11-3-10-17-18-16;1-2-12-6-9-15(20-12)21(17,18)14-7-4-13(5-8-14)19-11-3-10-16;15-10-11-2-7-14(23-11)25(21,22)13-5-3-12(4-6-13)24(19,20)9-1-8-17-18-16;/h4-9H,2-3,10-11H2,1H3;4-9,16H,2-3,10-11H2,1H3;2-7H,1,8-10,15H2;1H. The van der Waals surface area contributed by atoms with E-state index in [9.17, 15) is 33.7 Å². The highest BCUT2D eigenvalue weighted by Crippen LogP contribution is 2.32. The smallest absolute Gasteiger partial charge is 0.215 e. The molecule has 6 rings (SSSR count). The molecule has 0 amide bonds. The monoisotopic (exact) mass is 1150 g/mol. The van der Waals surface area contributed by atoms with Crippen molar-refractivity contribution in [2.75, 3.05) is 37.0 Å². The van der Waals surface area contributed by atoms with Crippen LogP contribution in [-0.2, 0) is 58.7 Å². The fourth-order valence-electron chi connectivity index (χ4n) is 5.71. The van der Waals surface area contributed by atoms with Crippen LogP contribution in [0.1, 0.15) is 47.7 Å². The lowest BCUT2D eigenvalue weighted by molar-refractivity contribution is 0.296. The number of benzene rings is 3. The van der Waals surface area contributed by atoms with E-state index in [0.717, 1.165) is 72.9 Å². The first-order valence-electron chi connectivity index (χ1n) is 21.1. The summed E-state index contributed by atoms with van der Waals surface area (Å²) in [6, 6.07) is 29.2. The largest absolute Gasteiger partial charge is 0.396 e. The predicted octanol–water partition coefficient (Wildman–Crippen LogP) is 11.5. The number of thiophene rings is 3. The van der Waals surface area contributed by atoms with Gasteiger partial charge in [-0.05, 0) is 158 Å². The van der Waals surface area contributed by atoms with Gasteiger partial charge in [0.1, 0.15) is 12.6 Å². The molecular weight excluding hydrogens is 1090 g/mol. The van der Waals surface area contributed by atoms with Gasteiger partial charge in [0.15, 0.2) is 9.84 Å². The minimum Gasteiger partial charge on any atom is -0.396 e. The number of aryl methyl sites for hydroxylation is 2. The van der Waals surface area contributed by atoms with Gasteiger partial charge in [-0.1, -0.05) is 24.1 Å². The van der Waals surface area contributed by atoms with Crippen molar-refractivity contribution in [2.45, 2.75) is 94.5 Å². The molecule has 26 heteroatoms. The Hall–Kier alpha value is -3.91. The van der Waals surface area contributed by atoms with Crippen LogP contribution in [0.2, 0.25) is 0 Å². The Bertz CT molecular complexity index is 3130. The van der Waals surface area contributed by atoms with Crippen LogP contribution in [0.25, 0.3) is 20.9 Å². The number of nitrogens with zero attached hydrogens (tertiary/aromatic N) is 6. The molecule has 3 aromatic heterocycles. The van der Waals surface area contributed by atoms with E-state index in [1.54, 1.807) is 66.0 Å². The maximum atomic E-state index is 12.6. The summed E-state index contributed by atoms with van der Waals surface area (Å²) < 4.78 is 101. The molecular formula is C44H52ClN7O9S9. The third-order valence-corrected chi connectivity index (χ3v) is 23.8. The number of aliphatic hydroxyl groups excluding tert-OH is 1. The van der Waals surface area contributed by atoms with E-state index < -0.39 is 39.3 Å². The molecule has 0 fully saturated rings. The van der Waals surface area contributed by atoms with Crippen LogP contribution < -0.4 is 5.73 Å². The van der Waals surface area contributed by atoms with Crippen LogP contribution in [0, 0.1) is 0 Å². The summed E-state index contributed by atoms with van der Waals surface area (Å²) in [4.78, 5) is 10.9. The molecule has 0 aliphatic carbocycles. The highest BCUT2D eigenvalue weighted by molar-refractivity contribution is 7.99. The molecule has 0 aliphatic rings. The van der Waals surface area contributed by atoms with Crippen molar-refractivity contribution in [3.05, 3.63) is 145 Å². The Balaban J connectivity index is 0.000000277. The number of nitrogens with two attached hydrogens (primary N) is 1. The topological polar surface area (TPSA) is 280 Å². The fourth-order valence-corrected chi connectivity index (χ4v) is 16.7. The molecule has 0 saturated carbocycles. The summed E-state index contributed by atoms with van der Waals surface area (Å²) >= 11 is 6.99. The first-order valence-corrected chi connectivity index (χ1v) is 31.6. The first-order chi connectivity index (χ1) is 33.0. The zero-order valence-electron chi connectivity index (χ0n) is 37.9. The average Bonchev–Trinajstić information content (AvgIpc) is 4.17. The molecule has 16 nitrogen and oxygen atoms in total. The van der Waals surface area contributed by atoms with Gasteiger partial charge in [-0.15, -0.1) is 69.9 Å². The molecule has 0 spiro atoms. The van der Waals surface area contributed by atoms with Crippen molar-refractivity contribution < 1.29 is 38.8 Å². The maximum absolute atomic E-state index is 12.6. The number of sulfone groups is 4. The zero-order valence-corrected chi connectivity index (χ0v) is 46.1. The number of hydrogen-bond acceptors (Lipinski definition) is 17. The molecule has 0 aliphatic heterocycles. The van der Waals surface area contributed by atoms with Gasteiger partial charge in [-0.3, -0.25) is 0 Å². The third-order valence-electron chi connectivity index (χ3n) is 9.40. The van der Waals surface area contributed by atoms with Gasteiger partial charge in [0.2, 0.25) is 29.5 Å². The molecule has 0 unspecified atom stereocenters. The van der Waals surface area contributed by atoms with Crippen molar-refractivity contribution in [1.29, 1.82) is 0 Å². The highest BCUT2D eigenvalue weighted by Gasteiger charge is 2.23. The van der Waals surface area contributed by atoms with E-state index >= 15 is 0 Å².